The zero-order valence-corrected chi connectivity index (χ0v) is 15.9. The van der Waals surface area contributed by atoms with Gasteiger partial charge in [-0.2, -0.15) is 5.10 Å². The second-order valence-corrected chi connectivity index (χ2v) is 8.04. The third-order valence-electron chi connectivity index (χ3n) is 5.24. The highest BCUT2D eigenvalue weighted by atomic mass is 32.1. The predicted molar refractivity (Wildman–Crippen MR) is 107 cm³/mol. The van der Waals surface area contributed by atoms with E-state index in [0.717, 1.165) is 34.3 Å². The zero-order valence-electron chi connectivity index (χ0n) is 15.1. The van der Waals surface area contributed by atoms with Gasteiger partial charge in [0.2, 0.25) is 0 Å². The van der Waals surface area contributed by atoms with Crippen molar-refractivity contribution in [1.82, 2.24) is 19.9 Å². The van der Waals surface area contributed by atoms with Gasteiger partial charge in [0.25, 0.3) is 5.91 Å². The smallest absolute Gasteiger partial charge is 0.264 e. The van der Waals surface area contributed by atoms with Crippen molar-refractivity contribution in [2.45, 2.75) is 32.7 Å². The minimum absolute atomic E-state index is 0.0352. The highest BCUT2D eigenvalue weighted by Crippen LogP contribution is 2.37. The zero-order chi connectivity index (χ0) is 18.7. The number of fused-ring (bicyclic) bond motifs is 4. The van der Waals surface area contributed by atoms with Crippen molar-refractivity contribution < 1.29 is 4.79 Å². The molecule has 0 saturated heterocycles. The van der Waals surface area contributed by atoms with Crippen LogP contribution in [0.5, 0.6) is 0 Å². The number of benzene rings is 1. The standard InChI is InChI=1S/C20H19N5OS/c1-10-9-15-22-11(2)24-25(15)20-16(10)17(21)18(27-20)19(26)23-14-8-7-12-5-3-4-6-13(12)14/h3-6,9,14H,7-8,21H2,1-2H3,(H,23,26)/t14-/m0/s1. The fraction of sp³-hybridized carbons (Fsp3) is 0.250. The number of carbonyl (C=O) groups excluding carboxylic acids is 1. The first kappa shape index (κ1) is 16.3. The molecule has 0 saturated carbocycles. The van der Waals surface area contributed by atoms with Gasteiger partial charge < -0.3 is 11.1 Å². The van der Waals surface area contributed by atoms with Crippen LogP contribution in [-0.4, -0.2) is 20.5 Å². The van der Waals surface area contributed by atoms with E-state index in [0.29, 0.717) is 16.4 Å². The molecule has 0 unspecified atom stereocenters. The summed E-state index contributed by atoms with van der Waals surface area (Å²) in [6, 6.07) is 10.3. The maximum absolute atomic E-state index is 13.0. The molecule has 1 atom stereocenters. The Labute approximate surface area is 160 Å². The van der Waals surface area contributed by atoms with E-state index in [2.05, 4.69) is 27.5 Å². The second-order valence-electron chi connectivity index (χ2n) is 7.04. The average Bonchev–Trinajstić information content (AvgIpc) is 3.31. The van der Waals surface area contributed by atoms with E-state index >= 15 is 0 Å². The van der Waals surface area contributed by atoms with E-state index < -0.39 is 0 Å². The molecule has 136 valence electrons. The van der Waals surface area contributed by atoms with E-state index in [1.807, 2.05) is 32.0 Å². The lowest BCUT2D eigenvalue weighted by molar-refractivity contribution is 0.0941. The number of thiophene rings is 1. The van der Waals surface area contributed by atoms with Gasteiger partial charge in [-0.25, -0.2) is 9.50 Å². The quantitative estimate of drug-likeness (QED) is 0.559. The molecule has 0 fully saturated rings. The SMILES string of the molecule is Cc1nc2cc(C)c3c(N)c(C(=O)N[C@H]4CCc5ccccc54)sc3n2n1. The van der Waals surface area contributed by atoms with Gasteiger partial charge in [-0.15, -0.1) is 11.3 Å². The van der Waals surface area contributed by atoms with Crippen molar-refractivity contribution in [3.63, 3.8) is 0 Å². The van der Waals surface area contributed by atoms with Crippen LogP contribution < -0.4 is 11.1 Å². The Balaban J connectivity index is 1.57. The average molecular weight is 377 g/mol. The number of aryl methyl sites for hydroxylation is 3. The first-order valence-electron chi connectivity index (χ1n) is 8.96. The largest absolute Gasteiger partial charge is 0.397 e. The van der Waals surface area contributed by atoms with Gasteiger partial charge in [0, 0.05) is 5.39 Å². The van der Waals surface area contributed by atoms with Gasteiger partial charge >= 0.3 is 0 Å². The number of nitrogens with one attached hydrogen (secondary N) is 1. The summed E-state index contributed by atoms with van der Waals surface area (Å²) in [4.78, 5) is 18.9. The lowest BCUT2D eigenvalue weighted by Gasteiger charge is -2.13. The first-order chi connectivity index (χ1) is 13.0. The number of nitrogens with two attached hydrogens (primary N) is 1. The molecular formula is C20H19N5OS. The molecule has 1 aliphatic carbocycles. The molecule has 27 heavy (non-hydrogen) atoms. The minimum Gasteiger partial charge on any atom is -0.397 e. The number of aromatic nitrogens is 3. The van der Waals surface area contributed by atoms with Crippen LogP contribution in [0.1, 0.15) is 44.6 Å². The molecule has 5 rings (SSSR count). The Morgan fingerprint density at radius 2 is 2.15 bits per heavy atom. The van der Waals surface area contributed by atoms with Crippen molar-refractivity contribution in [3.05, 3.63) is 57.7 Å². The van der Waals surface area contributed by atoms with Crippen molar-refractivity contribution in [2.75, 3.05) is 5.73 Å². The number of rotatable bonds is 2. The van der Waals surface area contributed by atoms with E-state index in [-0.39, 0.29) is 11.9 Å². The molecule has 7 heteroatoms. The van der Waals surface area contributed by atoms with E-state index in [1.54, 1.807) is 4.52 Å². The highest BCUT2D eigenvalue weighted by Gasteiger charge is 2.27. The summed E-state index contributed by atoms with van der Waals surface area (Å²) in [5.41, 5.74) is 11.2. The van der Waals surface area contributed by atoms with Gasteiger partial charge in [-0.1, -0.05) is 24.3 Å². The van der Waals surface area contributed by atoms with E-state index in [9.17, 15) is 4.79 Å². The van der Waals surface area contributed by atoms with Crippen LogP contribution in [0.25, 0.3) is 15.9 Å². The van der Waals surface area contributed by atoms with Crippen molar-refractivity contribution in [2.24, 2.45) is 0 Å². The predicted octanol–water partition coefficient (Wildman–Crippen LogP) is 3.56. The number of nitrogen functional groups attached to an aromatic ring is 1. The second kappa shape index (κ2) is 5.79. The summed E-state index contributed by atoms with van der Waals surface area (Å²) in [7, 11) is 0. The molecular weight excluding hydrogens is 358 g/mol. The number of nitrogens with zero attached hydrogens (tertiary/aromatic N) is 3. The number of amides is 1. The summed E-state index contributed by atoms with van der Waals surface area (Å²) in [5, 5.41) is 8.51. The molecule has 0 radical (unpaired) electrons. The Morgan fingerprint density at radius 1 is 1.33 bits per heavy atom. The van der Waals surface area contributed by atoms with Gasteiger partial charge in [0.15, 0.2) is 5.65 Å². The summed E-state index contributed by atoms with van der Waals surface area (Å²) >= 11 is 1.38. The van der Waals surface area contributed by atoms with Crippen LogP contribution in [0.3, 0.4) is 0 Å². The lowest BCUT2D eigenvalue weighted by Crippen LogP contribution is -2.27. The molecule has 4 aromatic rings. The van der Waals surface area contributed by atoms with Gasteiger partial charge in [0.05, 0.1) is 11.7 Å². The van der Waals surface area contributed by atoms with Crippen LogP contribution in [0.4, 0.5) is 5.69 Å². The van der Waals surface area contributed by atoms with Gasteiger partial charge in [-0.3, -0.25) is 4.79 Å². The molecule has 0 spiro atoms. The highest BCUT2D eigenvalue weighted by molar-refractivity contribution is 7.21. The van der Waals surface area contributed by atoms with Gasteiger partial charge in [0.1, 0.15) is 15.5 Å². The number of anilines is 1. The number of carbonyl (C=O) groups is 1. The van der Waals surface area contributed by atoms with Crippen LogP contribution in [0.2, 0.25) is 0 Å². The topological polar surface area (TPSA) is 85.3 Å². The summed E-state index contributed by atoms with van der Waals surface area (Å²) < 4.78 is 1.78. The van der Waals surface area contributed by atoms with E-state index in [1.165, 1.54) is 22.5 Å². The number of hydrogen-bond donors (Lipinski definition) is 2. The first-order valence-corrected chi connectivity index (χ1v) is 9.78. The molecule has 0 bridgehead atoms. The molecule has 6 nitrogen and oxygen atoms in total. The van der Waals surface area contributed by atoms with Crippen LogP contribution >= 0.6 is 11.3 Å². The Hall–Kier alpha value is -2.93. The third-order valence-corrected chi connectivity index (χ3v) is 6.42. The minimum atomic E-state index is -0.125. The molecule has 3 aromatic heterocycles. The lowest BCUT2D eigenvalue weighted by atomic mass is 10.1. The van der Waals surface area contributed by atoms with Crippen LogP contribution in [0, 0.1) is 13.8 Å². The van der Waals surface area contributed by atoms with Crippen molar-refractivity contribution >= 4 is 38.8 Å². The van der Waals surface area contributed by atoms with Crippen LogP contribution in [0.15, 0.2) is 30.3 Å². The molecule has 3 heterocycles. The summed E-state index contributed by atoms with van der Waals surface area (Å²) in [6.45, 7) is 3.85. The normalized spacial score (nSPS) is 16.1. The third kappa shape index (κ3) is 2.42. The van der Waals surface area contributed by atoms with Crippen molar-refractivity contribution in [1.29, 1.82) is 0 Å². The molecule has 1 aromatic carbocycles. The number of hydrogen-bond acceptors (Lipinski definition) is 5. The summed E-state index contributed by atoms with van der Waals surface area (Å²) in [6.07, 6.45) is 1.91. The van der Waals surface area contributed by atoms with Crippen molar-refractivity contribution in [3.8, 4) is 0 Å². The fourth-order valence-corrected chi connectivity index (χ4v) is 5.15. The van der Waals surface area contributed by atoms with E-state index in [4.69, 9.17) is 5.73 Å². The monoisotopic (exact) mass is 377 g/mol. The maximum atomic E-state index is 13.0. The fourth-order valence-electron chi connectivity index (χ4n) is 4.00. The molecule has 1 amide bonds. The Kier molecular flexibility index (Phi) is 3.48. The molecule has 1 aliphatic rings. The molecule has 0 aliphatic heterocycles. The summed E-state index contributed by atoms with van der Waals surface area (Å²) in [5.74, 6) is 0.572. The Bertz CT molecular complexity index is 1220. The number of pyridine rings is 1. The van der Waals surface area contributed by atoms with Gasteiger partial charge in [-0.05, 0) is 49.4 Å². The van der Waals surface area contributed by atoms with Crippen LogP contribution in [-0.2, 0) is 6.42 Å². The maximum Gasteiger partial charge on any atom is 0.264 e. The Morgan fingerprint density at radius 3 is 3.00 bits per heavy atom. The molecule has 3 N–H and O–H groups in total.